The molecule has 0 heterocycles. The van der Waals surface area contributed by atoms with Gasteiger partial charge < -0.3 is 5.32 Å². The van der Waals surface area contributed by atoms with Gasteiger partial charge in [-0.05, 0) is 50.1 Å². The first kappa shape index (κ1) is 14.7. The second-order valence-electron chi connectivity index (χ2n) is 5.20. The van der Waals surface area contributed by atoms with Crippen molar-refractivity contribution in [2.45, 2.75) is 33.4 Å². The molecule has 1 N–H and O–H groups in total. The summed E-state index contributed by atoms with van der Waals surface area (Å²) in [6.45, 7) is 6.57. The van der Waals surface area contributed by atoms with Crippen LogP contribution in [0.25, 0.3) is 0 Å². The van der Waals surface area contributed by atoms with E-state index in [0.29, 0.717) is 12.1 Å². The van der Waals surface area contributed by atoms with E-state index in [4.69, 9.17) is 0 Å². The van der Waals surface area contributed by atoms with Gasteiger partial charge in [0.25, 0.3) is 0 Å². The van der Waals surface area contributed by atoms with E-state index in [1.807, 2.05) is 6.92 Å². The molecule has 0 fully saturated rings. The molecule has 0 saturated heterocycles. The maximum absolute atomic E-state index is 13.7. The van der Waals surface area contributed by atoms with Crippen LogP contribution in [0, 0.1) is 25.5 Å². The van der Waals surface area contributed by atoms with Crippen LogP contribution in [0.1, 0.15) is 35.2 Å². The molecule has 1 nitrogen and oxygen atoms in total. The molecule has 2 aromatic carbocycles. The summed E-state index contributed by atoms with van der Waals surface area (Å²) in [5, 5.41) is 3.24. The highest BCUT2D eigenvalue weighted by molar-refractivity contribution is 5.30. The minimum atomic E-state index is -0.415. The summed E-state index contributed by atoms with van der Waals surface area (Å²) >= 11 is 0. The van der Waals surface area contributed by atoms with Crippen molar-refractivity contribution in [2.24, 2.45) is 0 Å². The second-order valence-corrected chi connectivity index (χ2v) is 5.20. The van der Waals surface area contributed by atoms with Crippen LogP contribution in [0.4, 0.5) is 8.78 Å². The zero-order valence-electron chi connectivity index (χ0n) is 12.0. The number of hydrogen-bond donors (Lipinski definition) is 1. The predicted octanol–water partition coefficient (Wildman–Crippen LogP) is 4.43. The Kier molecular flexibility index (Phi) is 4.50. The van der Waals surface area contributed by atoms with Crippen LogP contribution in [0.2, 0.25) is 0 Å². The largest absolute Gasteiger partial charge is 0.306 e. The summed E-state index contributed by atoms with van der Waals surface area (Å²) in [7, 11) is 0. The second kappa shape index (κ2) is 6.14. The fraction of sp³-hybridized carbons (Fsp3) is 0.294. The van der Waals surface area contributed by atoms with E-state index < -0.39 is 5.82 Å². The standard InChI is InChI=1S/C17H19F2N/c1-11-4-5-14(12(2)8-11)10-20-13(3)16-9-15(18)6-7-17(16)19/h4-9,13,20H,10H2,1-3H3. The normalized spacial score (nSPS) is 12.4. The van der Waals surface area contributed by atoms with Crippen LogP contribution in [0.15, 0.2) is 36.4 Å². The highest BCUT2D eigenvalue weighted by atomic mass is 19.1. The molecule has 0 bridgehead atoms. The summed E-state index contributed by atoms with van der Waals surface area (Å²) in [5.41, 5.74) is 3.94. The Balaban J connectivity index is 2.08. The first-order valence-electron chi connectivity index (χ1n) is 6.72. The highest BCUT2D eigenvalue weighted by Crippen LogP contribution is 2.19. The molecule has 0 spiro atoms. The van der Waals surface area contributed by atoms with Gasteiger partial charge in [-0.1, -0.05) is 23.8 Å². The van der Waals surface area contributed by atoms with Crippen LogP contribution in [0.5, 0.6) is 0 Å². The SMILES string of the molecule is Cc1ccc(CNC(C)c2cc(F)ccc2F)c(C)c1. The molecule has 0 aromatic heterocycles. The summed E-state index contributed by atoms with van der Waals surface area (Å²) in [6.07, 6.45) is 0. The molecule has 0 aliphatic rings. The summed E-state index contributed by atoms with van der Waals surface area (Å²) in [5.74, 6) is -0.798. The van der Waals surface area contributed by atoms with Crippen LogP contribution in [-0.2, 0) is 6.54 Å². The van der Waals surface area contributed by atoms with Gasteiger partial charge in [0, 0.05) is 18.2 Å². The maximum atomic E-state index is 13.7. The Morgan fingerprint density at radius 2 is 1.80 bits per heavy atom. The lowest BCUT2D eigenvalue weighted by Crippen LogP contribution is -2.19. The Labute approximate surface area is 118 Å². The molecule has 2 rings (SSSR count). The molecule has 20 heavy (non-hydrogen) atoms. The number of nitrogens with one attached hydrogen (secondary N) is 1. The van der Waals surface area contributed by atoms with Crippen LogP contribution < -0.4 is 5.32 Å². The lowest BCUT2D eigenvalue weighted by Gasteiger charge is -2.16. The molecular formula is C17H19F2N. The predicted molar refractivity (Wildman–Crippen MR) is 77.5 cm³/mol. The van der Waals surface area contributed by atoms with Gasteiger partial charge in [-0.2, -0.15) is 0 Å². The summed E-state index contributed by atoms with van der Waals surface area (Å²) in [4.78, 5) is 0. The van der Waals surface area contributed by atoms with Crippen molar-refractivity contribution < 1.29 is 8.78 Å². The smallest absolute Gasteiger partial charge is 0.128 e. The molecule has 1 atom stereocenters. The fourth-order valence-electron chi connectivity index (χ4n) is 2.26. The van der Waals surface area contributed by atoms with Crippen molar-refractivity contribution in [1.82, 2.24) is 5.32 Å². The minimum Gasteiger partial charge on any atom is -0.306 e. The number of hydrogen-bond acceptors (Lipinski definition) is 1. The van der Waals surface area contributed by atoms with Crippen molar-refractivity contribution in [3.8, 4) is 0 Å². The first-order chi connectivity index (χ1) is 9.47. The number of rotatable bonds is 4. The van der Waals surface area contributed by atoms with Crippen LogP contribution in [0.3, 0.4) is 0 Å². The van der Waals surface area contributed by atoms with Gasteiger partial charge in [-0.15, -0.1) is 0 Å². The van der Waals surface area contributed by atoms with Gasteiger partial charge in [-0.3, -0.25) is 0 Å². The van der Waals surface area contributed by atoms with Gasteiger partial charge in [-0.25, -0.2) is 8.78 Å². The molecular weight excluding hydrogens is 256 g/mol. The van der Waals surface area contributed by atoms with Crippen molar-refractivity contribution in [2.75, 3.05) is 0 Å². The van der Waals surface area contributed by atoms with E-state index >= 15 is 0 Å². The average Bonchev–Trinajstić information content (AvgIpc) is 2.40. The maximum Gasteiger partial charge on any atom is 0.128 e. The van der Waals surface area contributed by atoms with Crippen molar-refractivity contribution in [3.63, 3.8) is 0 Å². The molecule has 0 radical (unpaired) electrons. The molecule has 0 aliphatic carbocycles. The molecule has 2 aromatic rings. The zero-order valence-corrected chi connectivity index (χ0v) is 12.0. The van der Waals surface area contributed by atoms with Gasteiger partial charge >= 0.3 is 0 Å². The first-order valence-corrected chi connectivity index (χ1v) is 6.72. The van der Waals surface area contributed by atoms with Gasteiger partial charge in [0.15, 0.2) is 0 Å². The fourth-order valence-corrected chi connectivity index (χ4v) is 2.26. The molecule has 0 aliphatic heterocycles. The Morgan fingerprint density at radius 3 is 2.50 bits per heavy atom. The summed E-state index contributed by atoms with van der Waals surface area (Å²) in [6, 6.07) is 9.53. The third-order valence-electron chi connectivity index (χ3n) is 3.52. The topological polar surface area (TPSA) is 12.0 Å². The monoisotopic (exact) mass is 275 g/mol. The molecule has 1 unspecified atom stereocenters. The van der Waals surface area contributed by atoms with E-state index in [-0.39, 0.29) is 11.9 Å². The lowest BCUT2D eigenvalue weighted by atomic mass is 10.0. The van der Waals surface area contributed by atoms with Gasteiger partial charge in [0.1, 0.15) is 11.6 Å². The molecule has 0 saturated carbocycles. The van der Waals surface area contributed by atoms with Gasteiger partial charge in [0.2, 0.25) is 0 Å². The van der Waals surface area contributed by atoms with E-state index in [9.17, 15) is 8.78 Å². The highest BCUT2D eigenvalue weighted by Gasteiger charge is 2.12. The zero-order chi connectivity index (χ0) is 14.7. The van der Waals surface area contributed by atoms with E-state index in [0.717, 1.165) is 6.07 Å². The lowest BCUT2D eigenvalue weighted by molar-refractivity contribution is 0.518. The van der Waals surface area contributed by atoms with Crippen LogP contribution in [-0.4, -0.2) is 0 Å². The van der Waals surface area contributed by atoms with Crippen molar-refractivity contribution in [1.29, 1.82) is 0 Å². The quantitative estimate of drug-likeness (QED) is 0.870. The minimum absolute atomic E-state index is 0.244. The average molecular weight is 275 g/mol. The molecule has 0 amide bonds. The Hall–Kier alpha value is -1.74. The number of benzene rings is 2. The van der Waals surface area contributed by atoms with Crippen molar-refractivity contribution >= 4 is 0 Å². The third-order valence-corrected chi connectivity index (χ3v) is 3.52. The van der Waals surface area contributed by atoms with Crippen LogP contribution >= 0.6 is 0 Å². The number of aryl methyl sites for hydroxylation is 2. The Bertz CT molecular complexity index is 608. The van der Waals surface area contributed by atoms with Gasteiger partial charge in [0.05, 0.1) is 0 Å². The van der Waals surface area contributed by atoms with E-state index in [1.165, 1.54) is 28.8 Å². The number of halogens is 2. The molecule has 106 valence electrons. The van der Waals surface area contributed by atoms with Crippen molar-refractivity contribution in [3.05, 3.63) is 70.3 Å². The molecule has 3 heteroatoms. The summed E-state index contributed by atoms with van der Waals surface area (Å²) < 4.78 is 26.9. The van der Waals surface area contributed by atoms with E-state index in [1.54, 1.807) is 0 Å². The Morgan fingerprint density at radius 1 is 1.05 bits per heavy atom. The van der Waals surface area contributed by atoms with E-state index in [2.05, 4.69) is 37.4 Å². The third kappa shape index (κ3) is 3.42.